The lowest BCUT2D eigenvalue weighted by molar-refractivity contribution is -0.223. The number of carbonyl (C=O) groups is 1. The summed E-state index contributed by atoms with van der Waals surface area (Å²) in [4.78, 5) is 12.8. The van der Waals surface area contributed by atoms with Crippen molar-refractivity contribution in [2.45, 2.75) is 76.3 Å². The van der Waals surface area contributed by atoms with Crippen molar-refractivity contribution in [3.8, 4) is 0 Å². The maximum Gasteiger partial charge on any atom is 0.224 e. The first-order chi connectivity index (χ1) is 13.5. The standard InChI is InChI=1S/C20H25Cl2NO6/c1-19(2)25-9-13(27-19)16-15(17-18(26-16)29-20(3,4)28-17)23-14(24)8-10-5-6-11(21)12(22)7-10/h5-7,13,15-18H,8-9H2,1-4H3,(H,23,24)/t13-,15-,16-,17-,18-/m1/s1. The smallest absolute Gasteiger partial charge is 0.224 e. The highest BCUT2D eigenvalue weighted by Gasteiger charge is 2.58. The van der Waals surface area contributed by atoms with Crippen LogP contribution in [0.2, 0.25) is 10.0 Å². The molecule has 29 heavy (non-hydrogen) atoms. The summed E-state index contributed by atoms with van der Waals surface area (Å²) in [6, 6.07) is 4.68. The highest BCUT2D eigenvalue weighted by Crippen LogP contribution is 2.40. The van der Waals surface area contributed by atoms with Gasteiger partial charge in [-0.3, -0.25) is 4.79 Å². The second-order valence-electron chi connectivity index (χ2n) is 8.45. The van der Waals surface area contributed by atoms with Crippen molar-refractivity contribution in [3.05, 3.63) is 33.8 Å². The summed E-state index contributed by atoms with van der Waals surface area (Å²) in [5, 5.41) is 3.90. The fourth-order valence-electron chi connectivity index (χ4n) is 3.96. The Morgan fingerprint density at radius 2 is 1.83 bits per heavy atom. The van der Waals surface area contributed by atoms with Crippen molar-refractivity contribution in [3.63, 3.8) is 0 Å². The first-order valence-corrected chi connectivity index (χ1v) is 10.3. The molecule has 0 aliphatic carbocycles. The van der Waals surface area contributed by atoms with Gasteiger partial charge in [0.2, 0.25) is 5.91 Å². The summed E-state index contributed by atoms with van der Waals surface area (Å²) in [5.74, 6) is -1.69. The molecule has 4 rings (SSSR count). The predicted molar refractivity (Wildman–Crippen MR) is 106 cm³/mol. The average Bonchev–Trinajstić information content (AvgIpc) is 3.21. The lowest BCUT2D eigenvalue weighted by Gasteiger charge is -2.29. The highest BCUT2D eigenvalue weighted by molar-refractivity contribution is 6.42. The van der Waals surface area contributed by atoms with E-state index in [1.807, 2.05) is 27.7 Å². The first kappa shape index (κ1) is 21.3. The van der Waals surface area contributed by atoms with E-state index in [-0.39, 0.29) is 18.4 Å². The van der Waals surface area contributed by atoms with Crippen LogP contribution in [0.4, 0.5) is 0 Å². The number of halogens is 2. The second-order valence-corrected chi connectivity index (χ2v) is 9.27. The minimum atomic E-state index is -0.792. The van der Waals surface area contributed by atoms with E-state index in [1.54, 1.807) is 18.2 Å². The van der Waals surface area contributed by atoms with Crippen molar-refractivity contribution in [2.75, 3.05) is 6.61 Å². The third-order valence-corrected chi connectivity index (χ3v) is 5.90. The molecule has 3 fully saturated rings. The van der Waals surface area contributed by atoms with Crippen LogP contribution in [0.3, 0.4) is 0 Å². The zero-order valence-corrected chi connectivity index (χ0v) is 18.3. The number of benzene rings is 1. The van der Waals surface area contributed by atoms with Crippen molar-refractivity contribution < 1.29 is 28.5 Å². The lowest BCUT2D eigenvalue weighted by Crippen LogP contribution is -2.52. The number of nitrogens with one attached hydrogen (secondary N) is 1. The molecule has 0 unspecified atom stereocenters. The molecule has 9 heteroatoms. The highest BCUT2D eigenvalue weighted by atomic mass is 35.5. The van der Waals surface area contributed by atoms with E-state index in [0.717, 1.165) is 5.56 Å². The Morgan fingerprint density at radius 1 is 1.07 bits per heavy atom. The molecule has 0 aromatic heterocycles. The van der Waals surface area contributed by atoms with E-state index in [4.69, 9.17) is 46.9 Å². The molecule has 0 spiro atoms. The monoisotopic (exact) mass is 445 g/mol. The third kappa shape index (κ3) is 4.56. The maximum atomic E-state index is 12.8. The topological polar surface area (TPSA) is 75.3 Å². The molecular formula is C20H25Cl2NO6. The Morgan fingerprint density at radius 3 is 2.48 bits per heavy atom. The van der Waals surface area contributed by atoms with Crippen molar-refractivity contribution in [1.29, 1.82) is 0 Å². The average molecular weight is 446 g/mol. The van der Waals surface area contributed by atoms with Gasteiger partial charge in [0.05, 0.1) is 29.1 Å². The summed E-state index contributed by atoms with van der Waals surface area (Å²) in [5.41, 5.74) is 0.759. The van der Waals surface area contributed by atoms with Gasteiger partial charge in [-0.15, -0.1) is 0 Å². The molecule has 0 bridgehead atoms. The minimum Gasteiger partial charge on any atom is -0.348 e. The molecule has 160 valence electrons. The van der Waals surface area contributed by atoms with Gasteiger partial charge in [-0.25, -0.2) is 0 Å². The fourth-order valence-corrected chi connectivity index (χ4v) is 4.29. The molecule has 1 aromatic carbocycles. The van der Waals surface area contributed by atoms with Gasteiger partial charge in [-0.05, 0) is 45.4 Å². The van der Waals surface area contributed by atoms with Crippen LogP contribution in [0.25, 0.3) is 0 Å². The lowest BCUT2D eigenvalue weighted by atomic mass is 10.0. The number of rotatable bonds is 4. The van der Waals surface area contributed by atoms with Gasteiger partial charge in [0.25, 0.3) is 0 Å². The van der Waals surface area contributed by atoms with Gasteiger partial charge in [0.15, 0.2) is 17.9 Å². The van der Waals surface area contributed by atoms with Gasteiger partial charge < -0.3 is 29.0 Å². The van der Waals surface area contributed by atoms with Crippen molar-refractivity contribution in [1.82, 2.24) is 5.32 Å². The first-order valence-electron chi connectivity index (χ1n) is 9.59. The molecule has 0 saturated carbocycles. The van der Waals surface area contributed by atoms with E-state index < -0.39 is 36.1 Å². The number of fused-ring (bicyclic) bond motifs is 1. The summed E-state index contributed by atoms with van der Waals surface area (Å²) in [6.07, 6.45) is -1.69. The van der Waals surface area contributed by atoms with Crippen molar-refractivity contribution >= 4 is 29.1 Å². The van der Waals surface area contributed by atoms with E-state index in [0.29, 0.717) is 16.7 Å². The molecular weight excluding hydrogens is 421 g/mol. The number of carbonyl (C=O) groups excluding carboxylic acids is 1. The van der Waals surface area contributed by atoms with Crippen molar-refractivity contribution in [2.24, 2.45) is 0 Å². The zero-order valence-electron chi connectivity index (χ0n) is 16.7. The largest absolute Gasteiger partial charge is 0.348 e. The van der Waals surface area contributed by atoms with E-state index >= 15 is 0 Å². The predicted octanol–water partition coefficient (Wildman–Crippen LogP) is 3.05. The number of ether oxygens (including phenoxy) is 5. The van der Waals surface area contributed by atoms with Crippen LogP contribution in [0, 0.1) is 0 Å². The third-order valence-electron chi connectivity index (χ3n) is 5.16. The van der Waals surface area contributed by atoms with Crippen LogP contribution in [0.5, 0.6) is 0 Å². The van der Waals surface area contributed by atoms with Gasteiger partial charge in [0.1, 0.15) is 18.3 Å². The van der Waals surface area contributed by atoms with Crippen LogP contribution < -0.4 is 5.32 Å². The summed E-state index contributed by atoms with van der Waals surface area (Å²) in [7, 11) is 0. The maximum absolute atomic E-state index is 12.8. The van der Waals surface area contributed by atoms with Gasteiger partial charge in [0, 0.05) is 0 Å². The van der Waals surface area contributed by atoms with E-state index in [9.17, 15) is 4.79 Å². The molecule has 3 saturated heterocycles. The Hall–Kier alpha value is -0.930. The Balaban J connectivity index is 1.49. The Kier molecular flexibility index (Phi) is 5.61. The van der Waals surface area contributed by atoms with Gasteiger partial charge in [-0.1, -0.05) is 29.3 Å². The van der Waals surface area contributed by atoms with Crippen LogP contribution in [-0.4, -0.2) is 54.7 Å². The molecule has 5 atom stereocenters. The van der Waals surface area contributed by atoms with E-state index in [1.165, 1.54) is 0 Å². The molecule has 3 aliphatic rings. The summed E-state index contributed by atoms with van der Waals surface area (Å²) >= 11 is 12.0. The number of hydrogen-bond donors (Lipinski definition) is 1. The second kappa shape index (κ2) is 7.64. The van der Waals surface area contributed by atoms with Crippen LogP contribution >= 0.6 is 23.2 Å². The molecule has 1 N–H and O–H groups in total. The summed E-state index contributed by atoms with van der Waals surface area (Å²) < 4.78 is 29.6. The number of amides is 1. The Bertz CT molecular complexity index is 801. The van der Waals surface area contributed by atoms with E-state index in [2.05, 4.69) is 5.32 Å². The molecule has 1 amide bonds. The van der Waals surface area contributed by atoms with Gasteiger partial charge >= 0.3 is 0 Å². The number of hydrogen-bond acceptors (Lipinski definition) is 6. The molecule has 1 aromatic rings. The van der Waals surface area contributed by atoms with Crippen LogP contribution in [0.15, 0.2) is 18.2 Å². The molecule has 0 radical (unpaired) electrons. The molecule has 3 heterocycles. The van der Waals surface area contributed by atoms with Gasteiger partial charge in [-0.2, -0.15) is 0 Å². The van der Waals surface area contributed by atoms with Crippen LogP contribution in [-0.2, 0) is 34.9 Å². The molecule has 7 nitrogen and oxygen atoms in total. The Labute approximate surface area is 179 Å². The summed E-state index contributed by atoms with van der Waals surface area (Å²) in [6.45, 7) is 7.68. The zero-order chi connectivity index (χ0) is 21.0. The minimum absolute atomic E-state index is 0.148. The SMILES string of the molecule is CC1(C)O[C@H]2O[C@H]([C@H]3COC(C)(C)O3)[C@@H](NC(=O)Cc3ccc(Cl)c(Cl)c3)[C@H]2O1. The quantitative estimate of drug-likeness (QED) is 0.767. The normalized spacial score (nSPS) is 34.9. The fraction of sp³-hybridized carbons (Fsp3) is 0.650. The molecule has 3 aliphatic heterocycles. The van der Waals surface area contributed by atoms with Crippen LogP contribution in [0.1, 0.15) is 33.3 Å².